The zero-order valence-electron chi connectivity index (χ0n) is 14.3. The van der Waals surface area contributed by atoms with Gasteiger partial charge in [-0.15, -0.1) is 11.3 Å². The highest BCUT2D eigenvalue weighted by molar-refractivity contribution is 7.89. The lowest BCUT2D eigenvalue weighted by atomic mass is 10.1. The van der Waals surface area contributed by atoms with Crippen LogP contribution in [0.3, 0.4) is 0 Å². The molecule has 2 N–H and O–H groups in total. The third-order valence-corrected chi connectivity index (χ3v) is 6.31. The van der Waals surface area contributed by atoms with Crippen molar-refractivity contribution in [3.05, 3.63) is 17.3 Å². The van der Waals surface area contributed by atoms with Crippen LogP contribution in [-0.4, -0.2) is 49.9 Å². The highest BCUT2D eigenvalue weighted by atomic mass is 32.2. The molecule has 3 heterocycles. The molecule has 1 atom stereocenters. The van der Waals surface area contributed by atoms with Gasteiger partial charge in [0.25, 0.3) is 0 Å². The zero-order chi connectivity index (χ0) is 17.7. The molecule has 1 saturated heterocycles. The maximum Gasteiger partial charge on any atom is 0.213 e. The van der Waals surface area contributed by atoms with Gasteiger partial charge < -0.3 is 10.1 Å². The number of sulfonamides is 1. The molecular formula is C16H24N4O3S2. The second-order valence-electron chi connectivity index (χ2n) is 6.06. The van der Waals surface area contributed by atoms with Crippen LogP contribution in [0.5, 0.6) is 0 Å². The minimum atomic E-state index is -3.34. The monoisotopic (exact) mass is 384 g/mol. The Bertz CT molecular complexity index is 801. The first-order chi connectivity index (χ1) is 12.1. The van der Waals surface area contributed by atoms with Gasteiger partial charge in [0.05, 0.1) is 17.2 Å². The van der Waals surface area contributed by atoms with E-state index in [1.54, 1.807) is 11.3 Å². The molecule has 0 aliphatic carbocycles. The minimum absolute atomic E-state index is 0.00316. The topological polar surface area (TPSA) is 93.2 Å². The lowest BCUT2D eigenvalue weighted by Crippen LogP contribution is -2.37. The van der Waals surface area contributed by atoms with Crippen LogP contribution in [-0.2, 0) is 21.2 Å². The van der Waals surface area contributed by atoms with Crippen LogP contribution in [0.4, 0.5) is 5.82 Å². The largest absolute Gasteiger partial charge is 0.377 e. The summed E-state index contributed by atoms with van der Waals surface area (Å²) < 4.78 is 32.5. The smallest absolute Gasteiger partial charge is 0.213 e. The summed E-state index contributed by atoms with van der Waals surface area (Å²) in [6, 6.07) is 1.95. The Balaban J connectivity index is 1.54. The maximum atomic E-state index is 12.2. The molecule has 138 valence electrons. The molecule has 1 unspecified atom stereocenters. The number of nitrogens with one attached hydrogen (secondary N) is 2. The number of anilines is 1. The summed E-state index contributed by atoms with van der Waals surface area (Å²) in [6.45, 7) is 3.37. The number of nitrogens with zero attached hydrogens (tertiary/aromatic N) is 2. The number of thiophene rings is 1. The Kier molecular flexibility index (Phi) is 6.21. The first kappa shape index (κ1) is 18.5. The average Bonchev–Trinajstić information content (AvgIpc) is 3.09. The second kappa shape index (κ2) is 8.39. The van der Waals surface area contributed by atoms with E-state index in [0.717, 1.165) is 48.3 Å². The summed E-state index contributed by atoms with van der Waals surface area (Å²) >= 11 is 1.56. The van der Waals surface area contributed by atoms with E-state index in [0.29, 0.717) is 18.9 Å². The Morgan fingerprint density at radius 3 is 3.00 bits per heavy atom. The van der Waals surface area contributed by atoms with E-state index in [4.69, 9.17) is 4.74 Å². The van der Waals surface area contributed by atoms with Crippen molar-refractivity contribution in [2.24, 2.45) is 0 Å². The molecular weight excluding hydrogens is 360 g/mol. The number of ether oxygens (including phenoxy) is 1. The van der Waals surface area contributed by atoms with E-state index in [-0.39, 0.29) is 11.9 Å². The quantitative estimate of drug-likeness (QED) is 0.724. The Hall–Kier alpha value is -1.29. The number of rotatable bonds is 8. The van der Waals surface area contributed by atoms with Crippen molar-refractivity contribution >= 4 is 37.4 Å². The van der Waals surface area contributed by atoms with Crippen LogP contribution in [0.1, 0.15) is 32.0 Å². The van der Waals surface area contributed by atoms with Gasteiger partial charge in [0, 0.05) is 26.1 Å². The third-order valence-electron chi connectivity index (χ3n) is 4.16. The molecule has 3 rings (SSSR count). The fourth-order valence-corrected chi connectivity index (χ4v) is 4.49. The average molecular weight is 385 g/mol. The molecule has 1 aliphatic heterocycles. The van der Waals surface area contributed by atoms with E-state index in [9.17, 15) is 8.42 Å². The second-order valence-corrected chi connectivity index (χ2v) is 8.89. The van der Waals surface area contributed by atoms with Crippen molar-refractivity contribution in [2.45, 2.75) is 38.7 Å². The molecule has 0 radical (unpaired) electrons. The molecule has 2 aromatic heterocycles. The molecule has 0 bridgehead atoms. The van der Waals surface area contributed by atoms with Crippen molar-refractivity contribution < 1.29 is 13.2 Å². The molecule has 0 spiro atoms. The lowest BCUT2D eigenvalue weighted by Gasteiger charge is -2.22. The Morgan fingerprint density at radius 2 is 2.24 bits per heavy atom. The molecule has 25 heavy (non-hydrogen) atoms. The van der Waals surface area contributed by atoms with Gasteiger partial charge in [0.1, 0.15) is 16.5 Å². The molecule has 2 aromatic rings. The van der Waals surface area contributed by atoms with Crippen LogP contribution in [0.2, 0.25) is 0 Å². The molecule has 1 fully saturated rings. The van der Waals surface area contributed by atoms with Gasteiger partial charge in [-0.05, 0) is 30.7 Å². The van der Waals surface area contributed by atoms with E-state index in [1.807, 2.05) is 18.4 Å². The molecule has 0 saturated carbocycles. The van der Waals surface area contributed by atoms with E-state index in [1.165, 1.54) is 0 Å². The summed E-state index contributed by atoms with van der Waals surface area (Å²) in [7, 11) is -3.34. The maximum absolute atomic E-state index is 12.2. The number of aryl methyl sites for hydroxylation is 1. The summed E-state index contributed by atoms with van der Waals surface area (Å²) in [6.07, 6.45) is 3.80. The summed E-state index contributed by atoms with van der Waals surface area (Å²) in [5.74, 6) is 1.46. The number of fused-ring (bicyclic) bond motifs is 1. The minimum Gasteiger partial charge on any atom is -0.377 e. The normalized spacial score (nSPS) is 18.5. The first-order valence-electron chi connectivity index (χ1n) is 8.64. The number of hydrogen-bond acceptors (Lipinski definition) is 7. The van der Waals surface area contributed by atoms with Gasteiger partial charge in [-0.1, -0.05) is 6.92 Å². The molecule has 1 aliphatic rings. The van der Waals surface area contributed by atoms with Crippen molar-refractivity contribution in [3.8, 4) is 0 Å². The van der Waals surface area contributed by atoms with Crippen LogP contribution in [0.25, 0.3) is 10.2 Å². The zero-order valence-corrected chi connectivity index (χ0v) is 16.0. The van der Waals surface area contributed by atoms with Gasteiger partial charge in [-0.2, -0.15) is 0 Å². The van der Waals surface area contributed by atoms with Gasteiger partial charge in [0.15, 0.2) is 0 Å². The number of hydrogen-bond donors (Lipinski definition) is 2. The van der Waals surface area contributed by atoms with Crippen molar-refractivity contribution in [3.63, 3.8) is 0 Å². The molecule has 0 amide bonds. The molecule has 0 aromatic carbocycles. The molecule has 7 nitrogen and oxygen atoms in total. The summed E-state index contributed by atoms with van der Waals surface area (Å²) in [5.41, 5.74) is 0. The highest BCUT2D eigenvalue weighted by Gasteiger charge is 2.18. The third kappa shape index (κ3) is 5.10. The fourth-order valence-electron chi connectivity index (χ4n) is 2.76. The van der Waals surface area contributed by atoms with Crippen LogP contribution in [0.15, 0.2) is 11.4 Å². The van der Waals surface area contributed by atoms with Crippen LogP contribution in [0, 0.1) is 0 Å². The van der Waals surface area contributed by atoms with Crippen LogP contribution >= 0.6 is 11.3 Å². The standard InChI is InChI=1S/C16H24N4O3S2/c1-2-14-19-15(13-6-9-24-16(13)20-14)17-7-10-25(21,22)18-11-12-5-3-4-8-23-12/h6,9,12,18H,2-5,7-8,10-11H2,1H3,(H,17,19,20). The van der Waals surface area contributed by atoms with E-state index >= 15 is 0 Å². The van der Waals surface area contributed by atoms with Crippen molar-refractivity contribution in [2.75, 3.05) is 30.8 Å². The van der Waals surface area contributed by atoms with Gasteiger partial charge in [-0.25, -0.2) is 23.1 Å². The fraction of sp³-hybridized carbons (Fsp3) is 0.625. The van der Waals surface area contributed by atoms with E-state index in [2.05, 4.69) is 20.0 Å². The van der Waals surface area contributed by atoms with Crippen molar-refractivity contribution in [1.29, 1.82) is 0 Å². The SMILES string of the molecule is CCc1nc(NCCS(=O)(=O)NCC2CCCCO2)c2ccsc2n1. The predicted octanol–water partition coefficient (Wildman–Crippen LogP) is 2.15. The predicted molar refractivity (Wildman–Crippen MR) is 101 cm³/mol. The van der Waals surface area contributed by atoms with Gasteiger partial charge in [0.2, 0.25) is 10.0 Å². The highest BCUT2D eigenvalue weighted by Crippen LogP contribution is 2.25. The lowest BCUT2D eigenvalue weighted by molar-refractivity contribution is 0.0200. The first-order valence-corrected chi connectivity index (χ1v) is 11.2. The molecule has 9 heteroatoms. The summed E-state index contributed by atoms with van der Waals surface area (Å²) in [4.78, 5) is 9.88. The van der Waals surface area contributed by atoms with Crippen LogP contribution < -0.4 is 10.0 Å². The Labute approximate surface area is 152 Å². The van der Waals surface area contributed by atoms with E-state index < -0.39 is 10.0 Å². The van der Waals surface area contributed by atoms with Gasteiger partial charge >= 0.3 is 0 Å². The Morgan fingerprint density at radius 1 is 1.36 bits per heavy atom. The van der Waals surface area contributed by atoms with Crippen molar-refractivity contribution in [1.82, 2.24) is 14.7 Å². The summed E-state index contributed by atoms with van der Waals surface area (Å²) in [5, 5.41) is 6.05. The number of aromatic nitrogens is 2. The van der Waals surface area contributed by atoms with Gasteiger partial charge in [-0.3, -0.25) is 0 Å².